The molecule has 0 unspecified atom stereocenters. The van der Waals surface area contributed by atoms with Gasteiger partial charge >= 0.3 is 0 Å². The molecule has 0 spiro atoms. The van der Waals surface area contributed by atoms with E-state index in [1.807, 2.05) is 23.0 Å². The summed E-state index contributed by atoms with van der Waals surface area (Å²) >= 11 is 0. The molecule has 5 rings (SSSR count). The van der Waals surface area contributed by atoms with Gasteiger partial charge in [-0.25, -0.2) is 9.50 Å². The molecule has 0 atom stereocenters. The van der Waals surface area contributed by atoms with Crippen LogP contribution in [0, 0.1) is 0 Å². The molecule has 2 fully saturated rings. The number of fused-ring (bicyclic) bond motifs is 1. The molecule has 0 bridgehead atoms. The van der Waals surface area contributed by atoms with E-state index in [1.165, 1.54) is 24.1 Å². The van der Waals surface area contributed by atoms with Crippen LogP contribution in [-0.2, 0) is 10.2 Å². The van der Waals surface area contributed by atoms with E-state index in [0.29, 0.717) is 0 Å². The highest BCUT2D eigenvalue weighted by Crippen LogP contribution is 2.46. The maximum Gasteiger partial charge on any atom is 0.155 e. The SMILES string of the molecule is c1cnc2cc(C3(c4ccc(N5CCOCC5)cc4)CCCC3)nn2c1. The van der Waals surface area contributed by atoms with E-state index < -0.39 is 0 Å². The van der Waals surface area contributed by atoms with Gasteiger partial charge in [-0.05, 0) is 36.6 Å². The average molecular weight is 348 g/mol. The molecular weight excluding hydrogens is 324 g/mol. The number of nitrogens with zero attached hydrogens (tertiary/aromatic N) is 4. The zero-order valence-corrected chi connectivity index (χ0v) is 15.0. The fourth-order valence-corrected chi connectivity index (χ4v) is 4.55. The van der Waals surface area contributed by atoms with Gasteiger partial charge in [-0.1, -0.05) is 25.0 Å². The van der Waals surface area contributed by atoms with E-state index in [2.05, 4.69) is 40.2 Å². The summed E-state index contributed by atoms with van der Waals surface area (Å²) in [5, 5.41) is 4.88. The Morgan fingerprint density at radius 2 is 1.77 bits per heavy atom. The molecule has 0 amide bonds. The van der Waals surface area contributed by atoms with Crippen LogP contribution in [0.3, 0.4) is 0 Å². The third kappa shape index (κ3) is 2.58. The van der Waals surface area contributed by atoms with Gasteiger partial charge in [-0.15, -0.1) is 0 Å². The van der Waals surface area contributed by atoms with Crippen LogP contribution >= 0.6 is 0 Å². The fourth-order valence-electron chi connectivity index (χ4n) is 4.55. The summed E-state index contributed by atoms with van der Waals surface area (Å²) in [6.45, 7) is 3.59. The summed E-state index contributed by atoms with van der Waals surface area (Å²) in [4.78, 5) is 6.86. The lowest BCUT2D eigenvalue weighted by atomic mass is 9.76. The van der Waals surface area contributed by atoms with Crippen molar-refractivity contribution in [3.8, 4) is 0 Å². The number of rotatable bonds is 3. The summed E-state index contributed by atoms with van der Waals surface area (Å²) < 4.78 is 7.37. The van der Waals surface area contributed by atoms with Crippen molar-refractivity contribution in [2.45, 2.75) is 31.1 Å². The van der Waals surface area contributed by atoms with Gasteiger partial charge in [0.15, 0.2) is 5.65 Å². The van der Waals surface area contributed by atoms with Crippen LogP contribution in [0.15, 0.2) is 48.8 Å². The standard InChI is InChI=1S/C21H24N4O/c1-2-9-21(8-1,19-16-20-22-10-3-11-25(20)23-19)17-4-6-18(7-5-17)24-12-14-26-15-13-24/h3-7,10-11,16H,1-2,8-9,12-15H2. The van der Waals surface area contributed by atoms with Gasteiger partial charge in [0.05, 0.1) is 18.9 Å². The molecule has 1 aliphatic carbocycles. The van der Waals surface area contributed by atoms with Crippen molar-refractivity contribution in [3.63, 3.8) is 0 Å². The Balaban J connectivity index is 1.52. The second-order valence-electron chi connectivity index (χ2n) is 7.39. The highest BCUT2D eigenvalue weighted by atomic mass is 16.5. The minimum absolute atomic E-state index is 0.0250. The van der Waals surface area contributed by atoms with Crippen LogP contribution in [0.2, 0.25) is 0 Å². The smallest absolute Gasteiger partial charge is 0.155 e. The van der Waals surface area contributed by atoms with Gasteiger partial charge in [-0.3, -0.25) is 0 Å². The van der Waals surface area contributed by atoms with Gasteiger partial charge < -0.3 is 9.64 Å². The van der Waals surface area contributed by atoms with Crippen LogP contribution in [0.4, 0.5) is 5.69 Å². The molecule has 2 aromatic heterocycles. The molecule has 2 aliphatic rings. The quantitative estimate of drug-likeness (QED) is 0.727. The van der Waals surface area contributed by atoms with Crippen molar-refractivity contribution in [1.29, 1.82) is 0 Å². The number of morpholine rings is 1. The summed E-state index contributed by atoms with van der Waals surface area (Å²) in [7, 11) is 0. The summed E-state index contributed by atoms with van der Waals surface area (Å²) in [5.74, 6) is 0. The highest BCUT2D eigenvalue weighted by Gasteiger charge is 2.39. The van der Waals surface area contributed by atoms with E-state index in [0.717, 1.165) is 50.5 Å². The molecule has 0 radical (unpaired) electrons. The molecule has 134 valence electrons. The fraction of sp³-hybridized carbons (Fsp3) is 0.429. The first-order valence-electron chi connectivity index (χ1n) is 9.59. The molecular formula is C21H24N4O. The van der Waals surface area contributed by atoms with Gasteiger partial charge in [0.2, 0.25) is 0 Å². The van der Waals surface area contributed by atoms with Crippen molar-refractivity contribution in [2.24, 2.45) is 0 Å². The minimum Gasteiger partial charge on any atom is -0.378 e. The number of hydrogen-bond acceptors (Lipinski definition) is 4. The lowest BCUT2D eigenvalue weighted by molar-refractivity contribution is 0.122. The molecule has 3 aromatic rings. The highest BCUT2D eigenvalue weighted by molar-refractivity contribution is 5.52. The van der Waals surface area contributed by atoms with Crippen LogP contribution in [0.1, 0.15) is 36.9 Å². The van der Waals surface area contributed by atoms with E-state index >= 15 is 0 Å². The van der Waals surface area contributed by atoms with Gasteiger partial charge in [0.1, 0.15) is 0 Å². The Hall–Kier alpha value is -2.40. The Kier molecular flexibility index (Phi) is 3.89. The van der Waals surface area contributed by atoms with E-state index in [4.69, 9.17) is 9.84 Å². The van der Waals surface area contributed by atoms with E-state index in [1.54, 1.807) is 0 Å². The molecule has 1 aliphatic heterocycles. The monoisotopic (exact) mass is 348 g/mol. The minimum atomic E-state index is 0.0250. The number of ether oxygens (including phenoxy) is 1. The van der Waals surface area contributed by atoms with Gasteiger partial charge in [-0.2, -0.15) is 5.10 Å². The maximum atomic E-state index is 5.47. The van der Waals surface area contributed by atoms with Crippen molar-refractivity contribution in [2.75, 3.05) is 31.2 Å². The lowest BCUT2D eigenvalue weighted by Gasteiger charge is -2.31. The molecule has 3 heterocycles. The average Bonchev–Trinajstić information content (AvgIpc) is 3.37. The predicted molar refractivity (Wildman–Crippen MR) is 102 cm³/mol. The predicted octanol–water partition coefficient (Wildman–Crippen LogP) is 3.43. The van der Waals surface area contributed by atoms with Crippen molar-refractivity contribution >= 4 is 11.3 Å². The number of benzene rings is 1. The van der Waals surface area contributed by atoms with Crippen molar-refractivity contribution in [1.82, 2.24) is 14.6 Å². The van der Waals surface area contributed by atoms with Crippen LogP contribution in [-0.4, -0.2) is 40.9 Å². The normalized spacial score (nSPS) is 19.9. The Morgan fingerprint density at radius 3 is 2.50 bits per heavy atom. The second-order valence-corrected chi connectivity index (χ2v) is 7.39. The van der Waals surface area contributed by atoms with Gasteiger partial charge in [0.25, 0.3) is 0 Å². The maximum absolute atomic E-state index is 5.47. The van der Waals surface area contributed by atoms with Crippen LogP contribution < -0.4 is 4.90 Å². The van der Waals surface area contributed by atoms with Gasteiger partial charge in [0, 0.05) is 42.7 Å². The third-order valence-corrected chi connectivity index (χ3v) is 5.98. The topological polar surface area (TPSA) is 42.7 Å². The lowest BCUT2D eigenvalue weighted by Crippen LogP contribution is -2.36. The first-order chi connectivity index (χ1) is 12.9. The molecule has 0 N–H and O–H groups in total. The molecule has 1 aromatic carbocycles. The second kappa shape index (κ2) is 6.40. The molecule has 5 heteroatoms. The summed E-state index contributed by atoms with van der Waals surface area (Å²) in [6, 6.07) is 13.3. The number of hydrogen-bond donors (Lipinski definition) is 0. The van der Waals surface area contributed by atoms with Crippen molar-refractivity contribution < 1.29 is 4.74 Å². The van der Waals surface area contributed by atoms with Crippen molar-refractivity contribution in [3.05, 3.63) is 60.0 Å². The largest absolute Gasteiger partial charge is 0.378 e. The summed E-state index contributed by atoms with van der Waals surface area (Å²) in [5.41, 5.74) is 4.79. The van der Waals surface area contributed by atoms with E-state index in [9.17, 15) is 0 Å². The zero-order chi connectivity index (χ0) is 17.4. The Bertz CT molecular complexity index is 857. The molecule has 5 nitrogen and oxygen atoms in total. The Morgan fingerprint density at radius 1 is 1.00 bits per heavy atom. The Labute approximate surface area is 153 Å². The summed E-state index contributed by atoms with van der Waals surface area (Å²) in [6.07, 6.45) is 8.65. The van der Waals surface area contributed by atoms with Crippen LogP contribution in [0.25, 0.3) is 5.65 Å². The molecule has 26 heavy (non-hydrogen) atoms. The first kappa shape index (κ1) is 15.8. The number of aromatic nitrogens is 3. The molecule has 1 saturated heterocycles. The zero-order valence-electron chi connectivity index (χ0n) is 15.0. The van der Waals surface area contributed by atoms with Crippen LogP contribution in [0.5, 0.6) is 0 Å². The molecule has 1 saturated carbocycles. The third-order valence-electron chi connectivity index (χ3n) is 5.98. The number of anilines is 1. The first-order valence-corrected chi connectivity index (χ1v) is 9.59. The van der Waals surface area contributed by atoms with E-state index in [-0.39, 0.29) is 5.41 Å².